The summed E-state index contributed by atoms with van der Waals surface area (Å²) in [6.45, 7) is 0.932. The summed E-state index contributed by atoms with van der Waals surface area (Å²) in [4.78, 5) is 10.1. The highest BCUT2D eigenvalue weighted by atomic mass is 35.5. The van der Waals surface area contributed by atoms with Gasteiger partial charge >= 0.3 is 0 Å². The van der Waals surface area contributed by atoms with Gasteiger partial charge in [-0.15, -0.1) is 23.2 Å². The van der Waals surface area contributed by atoms with Gasteiger partial charge in [0.2, 0.25) is 0 Å². The Kier molecular flexibility index (Phi) is 10.2. The van der Waals surface area contributed by atoms with Crippen LogP contribution in [0.2, 0.25) is 0 Å². The van der Waals surface area contributed by atoms with Crippen molar-refractivity contribution in [3.8, 4) is 0 Å². The molecule has 0 spiro atoms. The monoisotopic (exact) mass is 388 g/mol. The molecule has 3 unspecified atom stereocenters. The summed E-state index contributed by atoms with van der Waals surface area (Å²) in [6.07, 6.45) is 20.0. The molecule has 0 saturated heterocycles. The van der Waals surface area contributed by atoms with Gasteiger partial charge in [-0.3, -0.25) is 4.79 Å². The average molecular weight is 389 g/mol. The highest BCUT2D eigenvalue weighted by Gasteiger charge is 2.40. The van der Waals surface area contributed by atoms with Crippen molar-refractivity contribution in [2.45, 2.75) is 100 Å². The fraction of sp³-hybridized carbons (Fsp3) is 0.905. The van der Waals surface area contributed by atoms with Crippen LogP contribution < -0.4 is 0 Å². The number of hydrogen-bond acceptors (Lipinski definition) is 2. The summed E-state index contributed by atoms with van der Waals surface area (Å²) in [6, 6.07) is 0. The van der Waals surface area contributed by atoms with Gasteiger partial charge in [-0.1, -0.05) is 38.5 Å². The number of unbranched alkanes of at least 4 members (excludes halogenated alkanes) is 7. The zero-order chi connectivity index (χ0) is 18.0. The maximum absolute atomic E-state index is 10.1. The van der Waals surface area contributed by atoms with Gasteiger partial charge in [-0.05, 0) is 63.2 Å². The van der Waals surface area contributed by atoms with Crippen LogP contribution in [0.15, 0.2) is 0 Å². The Balaban J connectivity index is 1.37. The van der Waals surface area contributed by atoms with E-state index >= 15 is 0 Å². The van der Waals surface area contributed by atoms with Gasteiger partial charge in [0, 0.05) is 13.0 Å². The molecule has 0 N–H and O–H groups in total. The van der Waals surface area contributed by atoms with Crippen molar-refractivity contribution in [3.63, 3.8) is 0 Å². The van der Waals surface area contributed by atoms with Gasteiger partial charge in [0.25, 0.3) is 0 Å². The lowest BCUT2D eigenvalue weighted by Gasteiger charge is -2.22. The molecule has 4 heteroatoms. The third kappa shape index (κ3) is 8.63. The molecule has 2 radical (unpaired) electrons. The van der Waals surface area contributed by atoms with E-state index in [1.165, 1.54) is 44.9 Å². The molecule has 2 rings (SSSR count). The zero-order valence-electron chi connectivity index (χ0n) is 15.5. The first-order chi connectivity index (χ1) is 12.1. The van der Waals surface area contributed by atoms with Crippen LogP contribution >= 0.6 is 23.2 Å². The van der Waals surface area contributed by atoms with Crippen LogP contribution in [0.25, 0.3) is 0 Å². The van der Waals surface area contributed by atoms with E-state index in [0.717, 1.165) is 57.0 Å². The van der Waals surface area contributed by atoms with Gasteiger partial charge in [0.1, 0.15) is 4.33 Å². The van der Waals surface area contributed by atoms with E-state index < -0.39 is 4.33 Å². The number of fused-ring (bicyclic) bond motifs is 2. The molecule has 2 nitrogen and oxygen atoms in total. The molecule has 0 aromatic carbocycles. The highest BCUT2D eigenvalue weighted by molar-refractivity contribution is 6.48. The molecule has 3 atom stereocenters. The minimum atomic E-state index is -0.590. The zero-order valence-corrected chi connectivity index (χ0v) is 17.0. The number of halogens is 2. The van der Waals surface area contributed by atoms with E-state index in [-0.39, 0.29) is 0 Å². The minimum absolute atomic E-state index is 0.529. The Bertz CT molecular complexity index is 373. The smallest absolute Gasteiger partial charge is 0.198 e. The molecule has 144 valence electrons. The third-order valence-electron chi connectivity index (χ3n) is 5.78. The quantitative estimate of drug-likeness (QED) is 0.234. The third-order valence-corrected chi connectivity index (χ3v) is 6.53. The summed E-state index contributed by atoms with van der Waals surface area (Å²) in [5.41, 5.74) is 0. The van der Waals surface area contributed by atoms with Crippen molar-refractivity contribution in [1.29, 1.82) is 0 Å². The number of ether oxygens (including phenoxy) is 1. The minimum Gasteiger partial charge on any atom is -0.378 e. The van der Waals surface area contributed by atoms with E-state index in [2.05, 4.69) is 6.42 Å². The van der Waals surface area contributed by atoms with Crippen molar-refractivity contribution in [2.24, 2.45) is 11.8 Å². The van der Waals surface area contributed by atoms with Crippen molar-refractivity contribution in [3.05, 3.63) is 6.42 Å². The van der Waals surface area contributed by atoms with Gasteiger partial charge in [-0.2, -0.15) is 0 Å². The van der Waals surface area contributed by atoms with Crippen LogP contribution in [-0.4, -0.2) is 23.3 Å². The summed E-state index contributed by atoms with van der Waals surface area (Å²) >= 11 is 12.8. The summed E-state index contributed by atoms with van der Waals surface area (Å²) in [5.74, 6) is 1.67. The summed E-state index contributed by atoms with van der Waals surface area (Å²) in [7, 11) is 0. The number of alkyl halides is 2. The number of rotatable bonds is 15. The lowest BCUT2D eigenvalue weighted by molar-refractivity contribution is 0.0198. The maximum Gasteiger partial charge on any atom is 0.198 e. The van der Waals surface area contributed by atoms with Gasteiger partial charge in [-0.25, -0.2) is 0 Å². The molecular weight excluding hydrogens is 355 g/mol. The Hall–Kier alpha value is 0.210. The van der Waals surface area contributed by atoms with Crippen LogP contribution in [0.5, 0.6) is 0 Å². The van der Waals surface area contributed by atoms with E-state index in [0.29, 0.717) is 12.5 Å². The molecule has 0 aromatic rings. The SMILES string of the molecule is O=[C]CCCCCC(Cl)(Cl)CCCCCCCOC1CC2[CH]CC1C2. The number of carbonyl (C=O) groups excluding carboxylic acids is 1. The molecule has 2 aliphatic carbocycles. The molecule has 2 bridgehead atoms. The maximum atomic E-state index is 10.1. The molecule has 0 heterocycles. The van der Waals surface area contributed by atoms with Crippen LogP contribution in [-0.2, 0) is 9.53 Å². The summed E-state index contributed by atoms with van der Waals surface area (Å²) < 4.78 is 5.49. The molecule has 0 aliphatic heterocycles. The van der Waals surface area contributed by atoms with E-state index in [4.69, 9.17) is 27.9 Å². The van der Waals surface area contributed by atoms with E-state index in [1.807, 2.05) is 6.29 Å². The second kappa shape index (κ2) is 11.8. The Morgan fingerprint density at radius 1 is 0.960 bits per heavy atom. The van der Waals surface area contributed by atoms with Crippen molar-refractivity contribution in [2.75, 3.05) is 6.61 Å². The lowest BCUT2D eigenvalue weighted by atomic mass is 9.98. The average Bonchev–Trinajstić information content (AvgIpc) is 3.20. The topological polar surface area (TPSA) is 26.3 Å². The van der Waals surface area contributed by atoms with Crippen LogP contribution in [0, 0.1) is 18.3 Å². The van der Waals surface area contributed by atoms with Crippen LogP contribution in [0.3, 0.4) is 0 Å². The predicted octanol–water partition coefficient (Wildman–Crippen LogP) is 6.58. The molecule has 0 aromatic heterocycles. The Labute approximate surface area is 164 Å². The largest absolute Gasteiger partial charge is 0.378 e. The van der Waals surface area contributed by atoms with E-state index in [9.17, 15) is 4.79 Å². The van der Waals surface area contributed by atoms with Crippen LogP contribution in [0.4, 0.5) is 0 Å². The summed E-state index contributed by atoms with van der Waals surface area (Å²) in [5, 5.41) is 0. The van der Waals surface area contributed by atoms with Crippen molar-refractivity contribution < 1.29 is 9.53 Å². The normalized spacial score (nSPS) is 25.6. The lowest BCUT2D eigenvalue weighted by Crippen LogP contribution is -2.21. The Morgan fingerprint density at radius 3 is 2.28 bits per heavy atom. The molecule has 25 heavy (non-hydrogen) atoms. The molecule has 2 aliphatic rings. The van der Waals surface area contributed by atoms with Gasteiger partial charge < -0.3 is 4.74 Å². The van der Waals surface area contributed by atoms with E-state index in [1.54, 1.807) is 0 Å². The standard InChI is InChI=1S/C21H34Cl2O2/c22-21(23,13-7-3-4-8-14-24)12-6-2-1-5-9-15-25-20-17-18-10-11-19(20)16-18/h10,18-20H,1-9,11-13,15-17H2. The highest BCUT2D eigenvalue weighted by Crippen LogP contribution is 2.45. The van der Waals surface area contributed by atoms with Crippen LogP contribution in [0.1, 0.15) is 89.9 Å². The molecule has 2 saturated carbocycles. The molecular formula is C21H34Cl2O2. The first-order valence-electron chi connectivity index (χ1n) is 10.3. The predicted molar refractivity (Wildman–Crippen MR) is 106 cm³/mol. The second-order valence-corrected chi connectivity index (χ2v) is 9.59. The van der Waals surface area contributed by atoms with Gasteiger partial charge in [0.15, 0.2) is 6.29 Å². The van der Waals surface area contributed by atoms with Crippen molar-refractivity contribution >= 4 is 29.5 Å². The number of hydrogen-bond donors (Lipinski definition) is 0. The van der Waals surface area contributed by atoms with Crippen molar-refractivity contribution in [1.82, 2.24) is 0 Å². The fourth-order valence-corrected chi connectivity index (χ4v) is 4.81. The Morgan fingerprint density at radius 2 is 1.64 bits per heavy atom. The molecule has 0 amide bonds. The fourth-order valence-electron chi connectivity index (χ4n) is 4.27. The first-order valence-corrected chi connectivity index (χ1v) is 11.0. The van der Waals surface area contributed by atoms with Gasteiger partial charge in [0.05, 0.1) is 6.10 Å². The molecule has 2 fully saturated rings. The second-order valence-electron chi connectivity index (χ2n) is 7.95. The first kappa shape index (κ1) is 21.5.